The summed E-state index contributed by atoms with van der Waals surface area (Å²) in [6.45, 7) is 2.07. The number of nitrogens with two attached hydrogens (primary N) is 2. The van der Waals surface area contributed by atoms with Crippen LogP contribution in [0, 0.1) is 0 Å². The van der Waals surface area contributed by atoms with E-state index in [9.17, 15) is 32.5 Å². The number of hydrogen-bond acceptors (Lipinski definition) is 12. The van der Waals surface area contributed by atoms with Crippen LogP contribution in [0.1, 0.15) is 19.0 Å². The van der Waals surface area contributed by atoms with E-state index in [0.717, 1.165) is 35.2 Å². The number of aliphatic carboxylic acids is 1. The largest absolute Gasteiger partial charge is 0.489 e. The molecule has 3 atom stereocenters. The van der Waals surface area contributed by atoms with Crippen molar-refractivity contribution in [2.45, 2.75) is 38.1 Å². The first kappa shape index (κ1) is 30.6. The highest BCUT2D eigenvalue weighted by Crippen LogP contribution is 2.24. The number of carboxylic acids is 1. The van der Waals surface area contributed by atoms with Gasteiger partial charge in [-0.05, 0) is 38.1 Å². The number of amides is 2. The van der Waals surface area contributed by atoms with Crippen LogP contribution < -0.4 is 26.2 Å². The van der Waals surface area contributed by atoms with Crippen molar-refractivity contribution in [3.63, 3.8) is 0 Å². The van der Waals surface area contributed by atoms with Crippen LogP contribution in [0.5, 0.6) is 5.75 Å². The number of ether oxygens (including phenoxy) is 1. The Hall–Kier alpha value is -4.33. The lowest BCUT2D eigenvalue weighted by molar-refractivity contribution is -0.751. The molecule has 1 saturated heterocycles. The van der Waals surface area contributed by atoms with Crippen molar-refractivity contribution in [3.05, 3.63) is 35.5 Å². The molecule has 7 N–H and O–H groups in total. The third-order valence-corrected chi connectivity index (χ3v) is 8.04. The van der Waals surface area contributed by atoms with Crippen molar-refractivity contribution < 1.29 is 46.7 Å². The van der Waals surface area contributed by atoms with Crippen LogP contribution in [-0.2, 0) is 43.1 Å². The number of carboxylic acid groups (broad SMARTS) is 1. The van der Waals surface area contributed by atoms with Gasteiger partial charge in [-0.2, -0.15) is 13.1 Å². The molecule has 0 spiro atoms. The average Bonchev–Trinajstić information content (AvgIpc) is 3.48. The Balaban J connectivity index is 1.49. The smallest absolute Gasteiger partial charge is 0.362 e. The average molecular weight is 626 g/mol. The van der Waals surface area contributed by atoms with Gasteiger partial charge in [0, 0.05) is 5.38 Å². The maximum atomic E-state index is 13.0. The quantitative estimate of drug-likeness (QED) is 0.0485. The van der Waals surface area contributed by atoms with Gasteiger partial charge >= 0.3 is 16.3 Å². The summed E-state index contributed by atoms with van der Waals surface area (Å²) in [5, 5.41) is 17.9. The second-order valence-electron chi connectivity index (χ2n) is 9.25. The van der Waals surface area contributed by atoms with Gasteiger partial charge in [0.05, 0.1) is 18.0 Å². The van der Waals surface area contributed by atoms with Gasteiger partial charge in [0.1, 0.15) is 29.6 Å². The first-order valence-electron chi connectivity index (χ1n) is 12.4. The molecule has 2 aromatic heterocycles. The zero-order valence-corrected chi connectivity index (χ0v) is 24.0. The predicted octanol–water partition coefficient (Wildman–Crippen LogP) is -1.38. The molecule has 0 saturated carbocycles. The summed E-state index contributed by atoms with van der Waals surface area (Å²) in [5.74, 6) is -3.18. The lowest BCUT2D eigenvalue weighted by Gasteiger charge is -2.42. The molecule has 0 unspecified atom stereocenters. The molecule has 0 radical (unpaired) electrons. The molecule has 3 heterocycles. The van der Waals surface area contributed by atoms with Gasteiger partial charge in [-0.3, -0.25) is 14.1 Å². The number of oxime groups is 1. The number of nitrogen functional groups attached to an aromatic ring is 1. The Labute approximate surface area is 243 Å². The van der Waals surface area contributed by atoms with Crippen molar-refractivity contribution in [1.29, 1.82) is 0 Å². The third-order valence-electron chi connectivity index (χ3n) is 6.36. The Morgan fingerprint density at radius 2 is 2.10 bits per heavy atom. The van der Waals surface area contributed by atoms with Crippen LogP contribution >= 0.6 is 11.3 Å². The minimum absolute atomic E-state index is 0.0647. The zero-order valence-electron chi connectivity index (χ0n) is 22.4. The molecule has 1 fully saturated rings. The number of aromatic nitrogens is 3. The van der Waals surface area contributed by atoms with Gasteiger partial charge in [0.15, 0.2) is 17.9 Å². The van der Waals surface area contributed by atoms with E-state index in [2.05, 4.69) is 15.5 Å². The predicted molar refractivity (Wildman–Crippen MR) is 148 cm³/mol. The number of nitrogens with zero attached hydrogens (tertiary/aromatic N) is 5. The number of fused-ring (bicyclic) bond motifs is 1. The summed E-state index contributed by atoms with van der Waals surface area (Å²) in [7, 11) is -2.93. The second kappa shape index (κ2) is 12.3. The van der Waals surface area contributed by atoms with Gasteiger partial charge in [0.25, 0.3) is 17.9 Å². The molecular weight excluding hydrogens is 596 g/mol. The first-order valence-corrected chi connectivity index (χ1v) is 14.7. The summed E-state index contributed by atoms with van der Waals surface area (Å²) >= 11 is 0.962. The maximum Gasteiger partial charge on any atom is 0.362 e. The fourth-order valence-corrected chi connectivity index (χ4v) is 5.70. The summed E-state index contributed by atoms with van der Waals surface area (Å²) in [6, 6.07) is 2.82. The summed E-state index contributed by atoms with van der Waals surface area (Å²) in [4.78, 5) is 46.2. The van der Waals surface area contributed by atoms with E-state index in [4.69, 9.17) is 21.0 Å². The van der Waals surface area contributed by atoms with Gasteiger partial charge in [0.2, 0.25) is 6.20 Å². The summed E-state index contributed by atoms with van der Waals surface area (Å²) in [6.07, 6.45) is 1.02. The zero-order chi connectivity index (χ0) is 30.8. The minimum Gasteiger partial charge on any atom is -0.489 e. The van der Waals surface area contributed by atoms with E-state index in [1.54, 1.807) is 12.1 Å². The number of thiazole rings is 1. The van der Waals surface area contributed by atoms with E-state index in [1.165, 1.54) is 12.3 Å². The topological polar surface area (TPSA) is 246 Å². The Bertz CT molecular complexity index is 1650. The van der Waals surface area contributed by atoms with E-state index >= 15 is 0 Å². The van der Waals surface area contributed by atoms with E-state index < -0.39 is 58.6 Å². The molecule has 2 amide bonds. The molecule has 19 heteroatoms. The highest BCUT2D eigenvalue weighted by atomic mass is 32.2. The standard InChI is InChI=1S/C23H28N8O9S2/c1-12-18(21(33)31(12)42(36,37)38)27-20(32)19(15-11-41-23(25)26-15)28-40-17(22(34)35)10-39-14-4-5-16-13(8-14)9-29(2)30(16)7-3-6-24/h4-5,8-9,11-12,17-18H,3,6-7,10,24H2,1-2H3,(H4-,25,26,27,32,34,35,36,37,38)/p+1/b28-19-/t12-,17-,18-/m0/s1. The Morgan fingerprint density at radius 1 is 1.36 bits per heavy atom. The molecule has 17 nitrogen and oxygen atoms in total. The highest BCUT2D eigenvalue weighted by molar-refractivity contribution is 7.84. The molecule has 3 aromatic rings. The van der Waals surface area contributed by atoms with E-state index in [0.29, 0.717) is 12.3 Å². The Morgan fingerprint density at radius 3 is 2.69 bits per heavy atom. The molecular formula is C23H29N8O9S2+. The molecule has 0 aliphatic carbocycles. The van der Waals surface area contributed by atoms with Crippen molar-refractivity contribution in [2.24, 2.45) is 17.9 Å². The fourth-order valence-electron chi connectivity index (χ4n) is 4.27. The Kier molecular flexibility index (Phi) is 8.95. The molecule has 1 aliphatic rings. The van der Waals surface area contributed by atoms with Crippen LogP contribution in [0.3, 0.4) is 0 Å². The van der Waals surface area contributed by atoms with Crippen molar-refractivity contribution in [2.75, 3.05) is 18.9 Å². The fraction of sp³-hybridized carbons (Fsp3) is 0.391. The van der Waals surface area contributed by atoms with Crippen LogP contribution in [0.4, 0.5) is 5.13 Å². The molecule has 226 valence electrons. The number of carbonyl (C=O) groups is 3. The molecule has 42 heavy (non-hydrogen) atoms. The van der Waals surface area contributed by atoms with Gasteiger partial charge in [-0.25, -0.2) is 14.1 Å². The molecule has 1 aliphatic heterocycles. The van der Waals surface area contributed by atoms with Crippen molar-refractivity contribution in [1.82, 2.24) is 19.3 Å². The first-order chi connectivity index (χ1) is 19.8. The van der Waals surface area contributed by atoms with Crippen LogP contribution in [-0.4, -0.2) is 86.9 Å². The van der Waals surface area contributed by atoms with Gasteiger partial charge in [-0.1, -0.05) is 5.16 Å². The van der Waals surface area contributed by atoms with Crippen molar-refractivity contribution in [3.8, 4) is 5.75 Å². The number of β-lactam (4-membered cyclic amide) rings is 1. The van der Waals surface area contributed by atoms with Crippen molar-refractivity contribution >= 4 is 61.2 Å². The van der Waals surface area contributed by atoms with Crippen LogP contribution in [0.15, 0.2) is 34.9 Å². The van der Waals surface area contributed by atoms with Gasteiger partial charge < -0.3 is 31.5 Å². The second-order valence-corrected chi connectivity index (χ2v) is 11.4. The minimum atomic E-state index is -4.82. The van der Waals surface area contributed by atoms with E-state index in [1.807, 2.05) is 28.7 Å². The number of nitrogens with one attached hydrogen (secondary N) is 1. The molecule has 1 aromatic carbocycles. The number of rotatable bonds is 13. The number of carbonyl (C=O) groups excluding carboxylic acids is 2. The van der Waals surface area contributed by atoms with Gasteiger partial charge in [-0.15, -0.1) is 16.0 Å². The van der Waals surface area contributed by atoms with Crippen LogP contribution in [0.25, 0.3) is 10.9 Å². The molecule has 0 bridgehead atoms. The lowest BCUT2D eigenvalue weighted by atomic mass is 10.0. The number of benzene rings is 1. The SMILES string of the molecule is C[C@H]1[C@H](NC(=O)/C(=N\O[C@@H](COc2ccc3c(c2)c[n+](C)n3CCCN)C(=O)O)c2csc(N)n2)C(=O)N1S(=O)(=O)O. The van der Waals surface area contributed by atoms with Crippen LogP contribution in [0.2, 0.25) is 0 Å². The highest BCUT2D eigenvalue weighted by Gasteiger charge is 2.51. The normalized spacial score (nSPS) is 18.0. The summed E-state index contributed by atoms with van der Waals surface area (Å²) < 4.78 is 41.7. The third kappa shape index (κ3) is 6.43. The maximum absolute atomic E-state index is 13.0. The number of hydrogen-bond donors (Lipinski definition) is 5. The van der Waals surface area contributed by atoms with E-state index in [-0.39, 0.29) is 15.1 Å². The lowest BCUT2D eigenvalue weighted by Crippen LogP contribution is -2.71. The molecule has 4 rings (SSSR count). The monoisotopic (exact) mass is 625 g/mol. The number of anilines is 1. The summed E-state index contributed by atoms with van der Waals surface area (Å²) in [5.41, 5.74) is 11.6. The number of aryl methyl sites for hydroxylation is 2.